The number of rotatable bonds is 5. The van der Waals surface area contributed by atoms with E-state index in [0.717, 1.165) is 40.0 Å². The van der Waals surface area contributed by atoms with Gasteiger partial charge in [0.2, 0.25) is 17.3 Å². The van der Waals surface area contributed by atoms with Gasteiger partial charge in [-0.05, 0) is 36.8 Å². The van der Waals surface area contributed by atoms with Gasteiger partial charge >= 0.3 is 0 Å². The summed E-state index contributed by atoms with van der Waals surface area (Å²) in [4.78, 5) is 9.06. The third kappa shape index (κ3) is 4.06. The topological polar surface area (TPSA) is 72.8 Å². The zero-order valence-electron chi connectivity index (χ0n) is 14.7. The molecule has 0 saturated carbocycles. The Hall–Kier alpha value is -2.19. The molecule has 0 amide bonds. The first-order chi connectivity index (χ1) is 13.2. The van der Waals surface area contributed by atoms with E-state index in [1.807, 2.05) is 36.4 Å². The molecule has 27 heavy (non-hydrogen) atoms. The highest BCUT2D eigenvalue weighted by molar-refractivity contribution is 9.10. The van der Waals surface area contributed by atoms with E-state index in [2.05, 4.69) is 48.3 Å². The summed E-state index contributed by atoms with van der Waals surface area (Å²) in [6.45, 7) is 2.16. The molecule has 3 aromatic rings. The molecular weight excluding hydrogens is 426 g/mol. The molecule has 2 aromatic heterocycles. The molecular formula is C19H18BrN5OS. The Bertz CT molecular complexity index is 941. The highest BCUT2D eigenvalue weighted by atomic mass is 79.9. The molecule has 8 heteroatoms. The van der Waals surface area contributed by atoms with Crippen molar-refractivity contribution in [2.45, 2.75) is 31.1 Å². The van der Waals surface area contributed by atoms with Crippen LogP contribution in [-0.4, -0.2) is 25.9 Å². The predicted octanol–water partition coefficient (Wildman–Crippen LogP) is 5.09. The average molecular weight is 444 g/mol. The number of benzene rings is 1. The first-order valence-corrected chi connectivity index (χ1v) is 10.5. The molecule has 1 atom stereocenters. The largest absolute Gasteiger partial charge is 0.446 e. The van der Waals surface area contributed by atoms with Gasteiger partial charge in [-0.3, -0.25) is 4.98 Å². The molecule has 6 nitrogen and oxygen atoms in total. The lowest BCUT2D eigenvalue weighted by Crippen LogP contribution is -2.18. The molecule has 1 aliphatic rings. The number of unbranched alkanes of at least 4 members (excludes halogenated alkanes) is 1. The molecule has 0 spiro atoms. The molecule has 0 fully saturated rings. The van der Waals surface area contributed by atoms with E-state index in [-0.39, 0.29) is 0 Å². The lowest BCUT2D eigenvalue weighted by atomic mass is 10.1. The van der Waals surface area contributed by atoms with Gasteiger partial charge in [0, 0.05) is 27.7 Å². The molecule has 1 aliphatic heterocycles. The molecule has 1 aromatic carbocycles. The summed E-state index contributed by atoms with van der Waals surface area (Å²) >= 11 is 5.13. The highest BCUT2D eigenvalue weighted by Gasteiger charge is 2.27. The number of anilines is 1. The van der Waals surface area contributed by atoms with Gasteiger partial charge in [-0.25, -0.2) is 0 Å². The van der Waals surface area contributed by atoms with E-state index < -0.39 is 6.23 Å². The summed E-state index contributed by atoms with van der Waals surface area (Å²) in [6.07, 6.45) is 3.53. The van der Waals surface area contributed by atoms with Crippen LogP contribution >= 0.6 is 27.7 Å². The number of pyridine rings is 1. The van der Waals surface area contributed by atoms with E-state index in [9.17, 15) is 0 Å². The molecule has 4 rings (SSSR count). The summed E-state index contributed by atoms with van der Waals surface area (Å²) in [6, 6.07) is 11.7. The van der Waals surface area contributed by atoms with Crippen molar-refractivity contribution in [2.75, 3.05) is 11.1 Å². The quantitative estimate of drug-likeness (QED) is 0.434. The number of aromatic nitrogens is 4. The Kier molecular flexibility index (Phi) is 5.54. The minimum absolute atomic E-state index is 0.461. The first-order valence-electron chi connectivity index (χ1n) is 8.76. The van der Waals surface area contributed by atoms with Crippen molar-refractivity contribution in [2.24, 2.45) is 0 Å². The Labute approximate surface area is 170 Å². The minimum Gasteiger partial charge on any atom is -0.446 e. The van der Waals surface area contributed by atoms with Gasteiger partial charge in [-0.2, -0.15) is 4.98 Å². The van der Waals surface area contributed by atoms with Crippen molar-refractivity contribution < 1.29 is 4.74 Å². The van der Waals surface area contributed by atoms with Crippen LogP contribution in [0.3, 0.4) is 0 Å². The van der Waals surface area contributed by atoms with Crippen LogP contribution in [0.2, 0.25) is 0 Å². The lowest BCUT2D eigenvalue weighted by Gasteiger charge is -2.18. The van der Waals surface area contributed by atoms with E-state index in [0.29, 0.717) is 16.7 Å². The Balaban J connectivity index is 1.76. The second-order valence-electron chi connectivity index (χ2n) is 6.04. The zero-order valence-corrected chi connectivity index (χ0v) is 17.1. The van der Waals surface area contributed by atoms with Gasteiger partial charge in [0.1, 0.15) is 5.69 Å². The fraction of sp³-hybridized carbons (Fsp3) is 0.263. The molecule has 0 bridgehead atoms. The van der Waals surface area contributed by atoms with E-state index >= 15 is 0 Å². The minimum atomic E-state index is -0.461. The summed E-state index contributed by atoms with van der Waals surface area (Å²) < 4.78 is 7.15. The van der Waals surface area contributed by atoms with Crippen molar-refractivity contribution in [1.82, 2.24) is 20.2 Å². The van der Waals surface area contributed by atoms with Gasteiger partial charge in [0.05, 0.1) is 0 Å². The van der Waals surface area contributed by atoms with Crippen molar-refractivity contribution in [3.05, 3.63) is 52.8 Å². The van der Waals surface area contributed by atoms with E-state index in [1.54, 1.807) is 18.0 Å². The van der Waals surface area contributed by atoms with Gasteiger partial charge in [0.25, 0.3) is 0 Å². The van der Waals surface area contributed by atoms with Crippen LogP contribution in [0.1, 0.15) is 31.7 Å². The monoisotopic (exact) mass is 443 g/mol. The first kappa shape index (κ1) is 18.2. The van der Waals surface area contributed by atoms with Crippen LogP contribution in [0.4, 0.5) is 5.69 Å². The number of ether oxygens (including phenoxy) is 1. The van der Waals surface area contributed by atoms with Crippen molar-refractivity contribution in [1.29, 1.82) is 0 Å². The third-order valence-electron chi connectivity index (χ3n) is 4.07. The molecule has 1 N–H and O–H groups in total. The molecule has 0 aliphatic carbocycles. The van der Waals surface area contributed by atoms with Crippen molar-refractivity contribution in [3.8, 4) is 17.1 Å². The fourth-order valence-corrected chi connectivity index (χ4v) is 3.93. The average Bonchev–Trinajstić information content (AvgIpc) is 2.85. The summed E-state index contributed by atoms with van der Waals surface area (Å²) in [5.41, 5.74) is 3.19. The highest BCUT2D eigenvalue weighted by Crippen LogP contribution is 2.40. The smallest absolute Gasteiger partial charge is 0.247 e. The summed E-state index contributed by atoms with van der Waals surface area (Å²) in [5.74, 6) is 1.42. The number of halogens is 1. The number of hydrogen-bond acceptors (Lipinski definition) is 7. The Morgan fingerprint density at radius 3 is 2.96 bits per heavy atom. The molecule has 0 saturated heterocycles. The second kappa shape index (κ2) is 8.22. The lowest BCUT2D eigenvalue weighted by molar-refractivity contribution is 0.220. The van der Waals surface area contributed by atoms with Crippen LogP contribution in [0.15, 0.2) is 52.2 Å². The van der Waals surface area contributed by atoms with E-state index in [1.165, 1.54) is 0 Å². The standard InChI is InChI=1S/C19H18BrN5OS/c1-2-3-10-27-19-23-18-16(24-25-19)13-11-12(20)7-8-14(13)22-17(26-18)15-6-4-5-9-21-15/h4-9,11,17,22H,2-3,10H2,1H3/t17-/m0/s1. The maximum absolute atomic E-state index is 6.20. The molecule has 138 valence electrons. The van der Waals surface area contributed by atoms with Crippen molar-refractivity contribution >= 4 is 33.4 Å². The molecule has 0 radical (unpaired) electrons. The summed E-state index contributed by atoms with van der Waals surface area (Å²) in [5, 5.41) is 12.8. The normalized spacial score (nSPS) is 15.1. The molecule has 0 unspecified atom stereocenters. The van der Waals surface area contributed by atoms with Crippen LogP contribution < -0.4 is 10.1 Å². The SMILES string of the molecule is CCCCSc1nnc2c(n1)O[C@@H](c1ccccn1)Nc1ccc(Br)cc1-2. The number of fused-ring (bicyclic) bond motifs is 3. The van der Waals surface area contributed by atoms with Gasteiger partial charge in [-0.1, -0.05) is 47.1 Å². The summed E-state index contributed by atoms with van der Waals surface area (Å²) in [7, 11) is 0. The van der Waals surface area contributed by atoms with Gasteiger partial charge in [-0.15, -0.1) is 10.2 Å². The third-order valence-corrected chi connectivity index (χ3v) is 5.49. The number of hydrogen-bond donors (Lipinski definition) is 1. The van der Waals surface area contributed by atoms with Crippen LogP contribution in [0.5, 0.6) is 5.88 Å². The van der Waals surface area contributed by atoms with Gasteiger partial charge < -0.3 is 10.1 Å². The van der Waals surface area contributed by atoms with Gasteiger partial charge in [0.15, 0.2) is 5.69 Å². The van der Waals surface area contributed by atoms with Crippen LogP contribution in [0.25, 0.3) is 11.3 Å². The van der Waals surface area contributed by atoms with Crippen molar-refractivity contribution in [3.63, 3.8) is 0 Å². The number of thioether (sulfide) groups is 1. The fourth-order valence-electron chi connectivity index (χ4n) is 2.70. The van der Waals surface area contributed by atoms with Crippen LogP contribution in [0, 0.1) is 0 Å². The van der Waals surface area contributed by atoms with Crippen LogP contribution in [-0.2, 0) is 0 Å². The second-order valence-corrected chi connectivity index (χ2v) is 8.01. The number of nitrogens with zero attached hydrogens (tertiary/aromatic N) is 4. The predicted molar refractivity (Wildman–Crippen MR) is 110 cm³/mol. The maximum Gasteiger partial charge on any atom is 0.247 e. The Morgan fingerprint density at radius 2 is 2.15 bits per heavy atom. The maximum atomic E-state index is 6.20. The van der Waals surface area contributed by atoms with E-state index in [4.69, 9.17) is 4.74 Å². The Morgan fingerprint density at radius 1 is 1.22 bits per heavy atom. The molecule has 3 heterocycles. The number of nitrogens with one attached hydrogen (secondary N) is 1. The zero-order chi connectivity index (χ0) is 18.6.